The fourth-order valence-electron chi connectivity index (χ4n) is 3.25. The zero-order chi connectivity index (χ0) is 19.2. The molecule has 1 atom stereocenters. The Morgan fingerprint density at radius 1 is 1.11 bits per heavy atom. The number of hydrogen-bond acceptors (Lipinski definition) is 3. The molecule has 1 aromatic heterocycles. The van der Waals surface area contributed by atoms with E-state index in [-0.39, 0.29) is 5.91 Å². The molecule has 4 rings (SSSR count). The summed E-state index contributed by atoms with van der Waals surface area (Å²) in [5.41, 5.74) is 4.46. The Labute approximate surface area is 164 Å². The van der Waals surface area contributed by atoms with E-state index in [1.54, 1.807) is 6.33 Å². The Morgan fingerprint density at radius 3 is 2.68 bits per heavy atom. The minimum atomic E-state index is -0.434. The van der Waals surface area contributed by atoms with Gasteiger partial charge in [0.05, 0.1) is 18.6 Å². The number of nitrogens with zero attached hydrogens (tertiary/aromatic N) is 2. The fraction of sp³-hybridized carbons (Fsp3) is 0.217. The molecule has 1 aliphatic rings. The van der Waals surface area contributed by atoms with Gasteiger partial charge in [-0.3, -0.25) is 4.79 Å². The highest BCUT2D eigenvalue weighted by molar-refractivity contribution is 5.81. The molecule has 3 aromatic rings. The van der Waals surface area contributed by atoms with Gasteiger partial charge in [-0.05, 0) is 16.7 Å². The molecular formula is C23H23N3O2. The molecule has 0 saturated carbocycles. The van der Waals surface area contributed by atoms with Crippen molar-refractivity contribution in [2.45, 2.75) is 19.1 Å². The standard InChI is InChI=1S/C23H23N3O2/c27-23-22(28-14-12-24-23)15-21-16-26(17-25-21)13-4-5-18-8-10-20(11-9-18)19-6-2-1-3-7-19/h1-11,16-17,22H,12-15H2,(H,24,27)/b5-4+. The Kier molecular flexibility index (Phi) is 5.64. The summed E-state index contributed by atoms with van der Waals surface area (Å²) in [7, 11) is 0. The van der Waals surface area contributed by atoms with Crippen LogP contribution in [-0.2, 0) is 22.5 Å². The van der Waals surface area contributed by atoms with Crippen LogP contribution in [0.1, 0.15) is 11.3 Å². The summed E-state index contributed by atoms with van der Waals surface area (Å²) < 4.78 is 7.51. The van der Waals surface area contributed by atoms with Crippen LogP contribution in [-0.4, -0.2) is 34.7 Å². The van der Waals surface area contributed by atoms with Crippen LogP contribution in [0.25, 0.3) is 17.2 Å². The molecule has 2 aromatic carbocycles. The van der Waals surface area contributed by atoms with Gasteiger partial charge < -0.3 is 14.6 Å². The summed E-state index contributed by atoms with van der Waals surface area (Å²) >= 11 is 0. The topological polar surface area (TPSA) is 56.1 Å². The molecule has 1 fully saturated rings. The van der Waals surface area contributed by atoms with Gasteiger partial charge in [0.2, 0.25) is 5.91 Å². The van der Waals surface area contributed by atoms with E-state index in [9.17, 15) is 4.79 Å². The zero-order valence-corrected chi connectivity index (χ0v) is 15.6. The maximum absolute atomic E-state index is 11.8. The van der Waals surface area contributed by atoms with Crippen LogP contribution < -0.4 is 5.32 Å². The normalized spacial score (nSPS) is 17.0. The average molecular weight is 373 g/mol. The first kappa shape index (κ1) is 18.2. The first-order valence-electron chi connectivity index (χ1n) is 9.50. The number of carbonyl (C=O) groups excluding carboxylic acids is 1. The third-order valence-electron chi connectivity index (χ3n) is 4.74. The van der Waals surface area contributed by atoms with Gasteiger partial charge in [-0.1, -0.05) is 66.7 Å². The molecule has 0 radical (unpaired) electrons. The van der Waals surface area contributed by atoms with E-state index in [1.807, 2.05) is 16.8 Å². The molecule has 28 heavy (non-hydrogen) atoms. The number of imidazole rings is 1. The van der Waals surface area contributed by atoms with Gasteiger partial charge in [0, 0.05) is 25.7 Å². The number of benzene rings is 2. The summed E-state index contributed by atoms with van der Waals surface area (Å²) in [5.74, 6) is -0.0559. The molecule has 2 heterocycles. The largest absolute Gasteiger partial charge is 0.366 e. The van der Waals surface area contributed by atoms with Gasteiger partial charge in [0.15, 0.2) is 0 Å². The summed E-state index contributed by atoms with van der Waals surface area (Å²) in [6.45, 7) is 1.87. The lowest BCUT2D eigenvalue weighted by Crippen LogP contribution is -2.45. The number of carbonyl (C=O) groups is 1. The lowest BCUT2D eigenvalue weighted by atomic mass is 10.0. The zero-order valence-electron chi connectivity index (χ0n) is 15.6. The highest BCUT2D eigenvalue weighted by atomic mass is 16.5. The van der Waals surface area contributed by atoms with Crippen molar-refractivity contribution >= 4 is 12.0 Å². The lowest BCUT2D eigenvalue weighted by Gasteiger charge is -2.21. The maximum atomic E-state index is 11.8. The number of hydrogen-bond donors (Lipinski definition) is 1. The molecule has 5 nitrogen and oxygen atoms in total. The Bertz CT molecular complexity index is 945. The van der Waals surface area contributed by atoms with Crippen molar-refractivity contribution in [1.82, 2.24) is 14.9 Å². The van der Waals surface area contributed by atoms with Crippen molar-refractivity contribution in [3.63, 3.8) is 0 Å². The summed E-state index contributed by atoms with van der Waals surface area (Å²) in [5, 5.41) is 2.82. The molecule has 1 saturated heterocycles. The molecule has 5 heteroatoms. The first-order valence-corrected chi connectivity index (χ1v) is 9.50. The van der Waals surface area contributed by atoms with Gasteiger partial charge >= 0.3 is 0 Å². The number of rotatable bonds is 6. The molecule has 1 aliphatic heterocycles. The Hall–Kier alpha value is -3.18. The predicted octanol–water partition coefficient (Wildman–Crippen LogP) is 3.32. The van der Waals surface area contributed by atoms with Crippen molar-refractivity contribution in [2.24, 2.45) is 0 Å². The van der Waals surface area contributed by atoms with Gasteiger partial charge in [-0.15, -0.1) is 0 Å². The smallest absolute Gasteiger partial charge is 0.249 e. The first-order chi connectivity index (χ1) is 13.8. The summed E-state index contributed by atoms with van der Waals surface area (Å²) in [6, 6.07) is 18.9. The maximum Gasteiger partial charge on any atom is 0.249 e. The fourth-order valence-corrected chi connectivity index (χ4v) is 3.25. The molecule has 142 valence electrons. The van der Waals surface area contributed by atoms with Gasteiger partial charge in [-0.2, -0.15) is 0 Å². The highest BCUT2D eigenvalue weighted by Crippen LogP contribution is 2.19. The molecule has 1 amide bonds. The third-order valence-corrected chi connectivity index (χ3v) is 4.74. The van der Waals surface area contributed by atoms with E-state index < -0.39 is 6.10 Å². The van der Waals surface area contributed by atoms with Crippen molar-refractivity contribution in [2.75, 3.05) is 13.2 Å². The Morgan fingerprint density at radius 2 is 1.89 bits per heavy atom. The minimum Gasteiger partial charge on any atom is -0.366 e. The number of allylic oxidation sites excluding steroid dienone is 1. The number of nitrogens with one attached hydrogen (secondary N) is 1. The van der Waals surface area contributed by atoms with Crippen LogP contribution in [0.15, 0.2) is 73.2 Å². The van der Waals surface area contributed by atoms with Crippen molar-refractivity contribution < 1.29 is 9.53 Å². The second kappa shape index (κ2) is 8.67. The van der Waals surface area contributed by atoms with Crippen LogP contribution in [0.4, 0.5) is 0 Å². The van der Waals surface area contributed by atoms with Crippen LogP contribution in [0.3, 0.4) is 0 Å². The Balaban J connectivity index is 1.32. The van der Waals surface area contributed by atoms with Gasteiger partial charge in [0.1, 0.15) is 6.10 Å². The number of morpholine rings is 1. The predicted molar refractivity (Wildman–Crippen MR) is 110 cm³/mol. The highest BCUT2D eigenvalue weighted by Gasteiger charge is 2.23. The second-order valence-electron chi connectivity index (χ2n) is 6.81. The number of amides is 1. The van der Waals surface area contributed by atoms with E-state index in [4.69, 9.17) is 4.74 Å². The molecular weight excluding hydrogens is 350 g/mol. The van der Waals surface area contributed by atoms with Crippen molar-refractivity contribution in [3.8, 4) is 11.1 Å². The van der Waals surface area contributed by atoms with E-state index in [2.05, 4.69) is 71.0 Å². The molecule has 1 N–H and O–H groups in total. The van der Waals surface area contributed by atoms with E-state index in [1.165, 1.54) is 11.1 Å². The van der Waals surface area contributed by atoms with Gasteiger partial charge in [0.25, 0.3) is 0 Å². The lowest BCUT2D eigenvalue weighted by molar-refractivity contribution is -0.137. The average Bonchev–Trinajstić information content (AvgIpc) is 3.18. The number of aromatic nitrogens is 2. The third kappa shape index (κ3) is 4.56. The van der Waals surface area contributed by atoms with Crippen LogP contribution >= 0.6 is 0 Å². The van der Waals surface area contributed by atoms with E-state index in [0.29, 0.717) is 19.6 Å². The quantitative estimate of drug-likeness (QED) is 0.721. The second-order valence-corrected chi connectivity index (χ2v) is 6.81. The van der Waals surface area contributed by atoms with E-state index in [0.717, 1.165) is 17.8 Å². The van der Waals surface area contributed by atoms with Crippen LogP contribution in [0.2, 0.25) is 0 Å². The van der Waals surface area contributed by atoms with Gasteiger partial charge in [-0.25, -0.2) is 4.98 Å². The van der Waals surface area contributed by atoms with Crippen molar-refractivity contribution in [3.05, 3.63) is 84.5 Å². The summed E-state index contributed by atoms with van der Waals surface area (Å²) in [6.07, 6.45) is 8.03. The van der Waals surface area contributed by atoms with Crippen molar-refractivity contribution in [1.29, 1.82) is 0 Å². The number of ether oxygens (including phenoxy) is 1. The molecule has 1 unspecified atom stereocenters. The summed E-state index contributed by atoms with van der Waals surface area (Å²) in [4.78, 5) is 16.2. The van der Waals surface area contributed by atoms with Crippen LogP contribution in [0, 0.1) is 0 Å². The van der Waals surface area contributed by atoms with Crippen LogP contribution in [0.5, 0.6) is 0 Å². The molecule has 0 bridgehead atoms. The minimum absolute atomic E-state index is 0.0559. The SMILES string of the molecule is O=C1NCCOC1Cc1cn(C/C=C/c2ccc(-c3ccccc3)cc2)cn1. The molecule has 0 spiro atoms. The monoisotopic (exact) mass is 373 g/mol. The van der Waals surface area contributed by atoms with E-state index >= 15 is 0 Å². The molecule has 0 aliphatic carbocycles.